The highest BCUT2D eigenvalue weighted by Gasteiger charge is 2.13. The fourth-order valence-corrected chi connectivity index (χ4v) is 1.84. The molecule has 0 saturated carbocycles. The molecule has 0 spiro atoms. The Balaban J connectivity index is 1.97. The Bertz CT molecular complexity index is 309. The zero-order valence-electron chi connectivity index (χ0n) is 7.62. The zero-order valence-corrected chi connectivity index (χ0v) is 7.62. The third-order valence-electron chi connectivity index (χ3n) is 2.64. The highest BCUT2D eigenvalue weighted by Crippen LogP contribution is 2.12. The predicted octanol–water partition coefficient (Wildman–Crippen LogP) is 0.176. The van der Waals surface area contributed by atoms with E-state index < -0.39 is 0 Å². The molecule has 0 amide bonds. The first-order valence-corrected chi connectivity index (χ1v) is 4.81. The number of aromatic amines is 1. The molecule has 4 heteroatoms. The quantitative estimate of drug-likeness (QED) is 0.683. The van der Waals surface area contributed by atoms with E-state index >= 15 is 0 Å². The minimum absolute atomic E-state index is 0.0125. The van der Waals surface area contributed by atoms with Gasteiger partial charge in [0, 0.05) is 18.9 Å². The number of nitrogens with one attached hydrogen (secondary N) is 2. The number of imidazole rings is 1. The Labute approximate surface area is 77.0 Å². The van der Waals surface area contributed by atoms with Crippen LogP contribution in [0.2, 0.25) is 0 Å². The highest BCUT2D eigenvalue weighted by atomic mass is 16.1. The molecule has 0 aromatic carbocycles. The number of aromatic nitrogens is 2. The Kier molecular flexibility index (Phi) is 2.49. The van der Waals surface area contributed by atoms with Crippen LogP contribution in [0.4, 0.5) is 0 Å². The van der Waals surface area contributed by atoms with Gasteiger partial charge in [0.05, 0.1) is 0 Å². The largest absolute Gasteiger partial charge is 0.325 e. The van der Waals surface area contributed by atoms with Crippen molar-refractivity contribution in [1.29, 1.82) is 0 Å². The van der Waals surface area contributed by atoms with Crippen molar-refractivity contribution in [2.75, 3.05) is 13.1 Å². The van der Waals surface area contributed by atoms with Gasteiger partial charge in [-0.25, -0.2) is 4.79 Å². The van der Waals surface area contributed by atoms with E-state index in [9.17, 15) is 4.79 Å². The van der Waals surface area contributed by atoms with Gasteiger partial charge in [-0.15, -0.1) is 0 Å². The molecule has 1 aliphatic rings. The van der Waals surface area contributed by atoms with Gasteiger partial charge in [0.25, 0.3) is 0 Å². The Morgan fingerprint density at radius 3 is 2.85 bits per heavy atom. The van der Waals surface area contributed by atoms with Crippen LogP contribution in [0.5, 0.6) is 0 Å². The van der Waals surface area contributed by atoms with Crippen molar-refractivity contribution in [3.8, 4) is 0 Å². The van der Waals surface area contributed by atoms with Crippen molar-refractivity contribution < 1.29 is 0 Å². The average Bonchev–Trinajstić information content (AvgIpc) is 2.54. The predicted molar refractivity (Wildman–Crippen MR) is 50.6 cm³/mol. The lowest BCUT2D eigenvalue weighted by molar-refractivity contribution is 0.330. The van der Waals surface area contributed by atoms with Crippen molar-refractivity contribution in [2.45, 2.75) is 19.4 Å². The van der Waals surface area contributed by atoms with Crippen LogP contribution in [-0.2, 0) is 6.54 Å². The monoisotopic (exact) mass is 181 g/mol. The van der Waals surface area contributed by atoms with Crippen LogP contribution in [-0.4, -0.2) is 22.6 Å². The molecule has 2 rings (SSSR count). The first kappa shape index (κ1) is 8.56. The van der Waals surface area contributed by atoms with Crippen molar-refractivity contribution in [3.05, 3.63) is 22.9 Å². The van der Waals surface area contributed by atoms with Crippen LogP contribution in [0.15, 0.2) is 17.2 Å². The van der Waals surface area contributed by atoms with Crippen molar-refractivity contribution in [1.82, 2.24) is 14.9 Å². The first-order chi connectivity index (χ1) is 6.36. The van der Waals surface area contributed by atoms with E-state index in [1.165, 1.54) is 12.8 Å². The zero-order chi connectivity index (χ0) is 9.10. The summed E-state index contributed by atoms with van der Waals surface area (Å²) in [7, 11) is 0. The molecule has 0 radical (unpaired) electrons. The number of hydrogen-bond donors (Lipinski definition) is 2. The van der Waals surface area contributed by atoms with Crippen LogP contribution in [0.25, 0.3) is 0 Å². The fraction of sp³-hybridized carbons (Fsp3) is 0.667. The Morgan fingerprint density at radius 1 is 1.46 bits per heavy atom. The van der Waals surface area contributed by atoms with Crippen LogP contribution >= 0.6 is 0 Å². The first-order valence-electron chi connectivity index (χ1n) is 4.81. The van der Waals surface area contributed by atoms with Crippen molar-refractivity contribution in [2.24, 2.45) is 5.92 Å². The highest BCUT2D eigenvalue weighted by molar-refractivity contribution is 4.78. The molecule has 2 N–H and O–H groups in total. The smallest absolute Gasteiger partial charge is 0.317 e. The number of hydrogen-bond acceptors (Lipinski definition) is 2. The molecule has 1 aromatic heterocycles. The molecule has 1 saturated heterocycles. The molecule has 0 aliphatic carbocycles. The van der Waals surface area contributed by atoms with Crippen LogP contribution in [0, 0.1) is 5.92 Å². The van der Waals surface area contributed by atoms with Gasteiger partial charge in [-0.3, -0.25) is 4.57 Å². The van der Waals surface area contributed by atoms with Gasteiger partial charge in [-0.05, 0) is 31.8 Å². The third-order valence-corrected chi connectivity index (χ3v) is 2.64. The maximum Gasteiger partial charge on any atom is 0.325 e. The number of piperidine rings is 1. The van der Waals surface area contributed by atoms with Crippen LogP contribution in [0.1, 0.15) is 12.8 Å². The van der Waals surface area contributed by atoms with Crippen LogP contribution in [0.3, 0.4) is 0 Å². The minimum atomic E-state index is 0.0125. The standard InChI is InChI=1S/C9H15N3O/c13-9-11-5-6-12(9)7-8-1-3-10-4-2-8/h5-6,8,10H,1-4,7H2,(H,11,13). The molecule has 1 fully saturated rings. The summed E-state index contributed by atoms with van der Waals surface area (Å²) in [6, 6.07) is 0. The van der Waals surface area contributed by atoms with E-state index in [4.69, 9.17) is 0 Å². The van der Waals surface area contributed by atoms with Crippen molar-refractivity contribution >= 4 is 0 Å². The van der Waals surface area contributed by atoms with E-state index in [1.807, 2.05) is 6.20 Å². The normalized spacial score (nSPS) is 19.1. The minimum Gasteiger partial charge on any atom is -0.317 e. The summed E-state index contributed by atoms with van der Waals surface area (Å²) in [5.41, 5.74) is 0.0125. The second kappa shape index (κ2) is 3.79. The summed E-state index contributed by atoms with van der Waals surface area (Å²) in [6.45, 7) is 3.04. The molecule has 1 aromatic rings. The van der Waals surface area contributed by atoms with Crippen LogP contribution < -0.4 is 11.0 Å². The second-order valence-corrected chi connectivity index (χ2v) is 3.61. The molecule has 4 nitrogen and oxygen atoms in total. The third kappa shape index (κ3) is 2.01. The lowest BCUT2D eigenvalue weighted by Crippen LogP contribution is -2.31. The van der Waals surface area contributed by atoms with Gasteiger partial charge in [0.2, 0.25) is 0 Å². The molecule has 13 heavy (non-hydrogen) atoms. The van der Waals surface area contributed by atoms with Gasteiger partial charge in [0.15, 0.2) is 0 Å². The summed E-state index contributed by atoms with van der Waals surface area (Å²) >= 11 is 0. The van der Waals surface area contributed by atoms with E-state index in [0.717, 1.165) is 19.6 Å². The average molecular weight is 181 g/mol. The van der Waals surface area contributed by atoms with E-state index in [1.54, 1.807) is 10.8 Å². The molecule has 0 atom stereocenters. The summed E-state index contributed by atoms with van der Waals surface area (Å²) in [6.07, 6.45) is 5.88. The fourth-order valence-electron chi connectivity index (χ4n) is 1.84. The van der Waals surface area contributed by atoms with E-state index in [2.05, 4.69) is 10.3 Å². The lowest BCUT2D eigenvalue weighted by atomic mass is 9.98. The molecule has 0 unspecified atom stereocenters. The Morgan fingerprint density at radius 2 is 2.23 bits per heavy atom. The van der Waals surface area contributed by atoms with Gasteiger partial charge in [0.1, 0.15) is 0 Å². The lowest BCUT2D eigenvalue weighted by Gasteiger charge is -2.22. The molecular weight excluding hydrogens is 166 g/mol. The molecule has 1 aliphatic heterocycles. The van der Waals surface area contributed by atoms with E-state index in [0.29, 0.717) is 5.92 Å². The van der Waals surface area contributed by atoms with Gasteiger partial charge >= 0.3 is 5.69 Å². The number of H-pyrrole nitrogens is 1. The van der Waals surface area contributed by atoms with Crippen molar-refractivity contribution in [3.63, 3.8) is 0 Å². The molecule has 72 valence electrons. The summed E-state index contributed by atoms with van der Waals surface area (Å²) in [4.78, 5) is 13.8. The van der Waals surface area contributed by atoms with Gasteiger partial charge < -0.3 is 10.3 Å². The summed E-state index contributed by atoms with van der Waals surface area (Å²) < 4.78 is 1.76. The number of nitrogens with zero attached hydrogens (tertiary/aromatic N) is 1. The summed E-state index contributed by atoms with van der Waals surface area (Å²) in [5.74, 6) is 0.662. The topological polar surface area (TPSA) is 49.8 Å². The second-order valence-electron chi connectivity index (χ2n) is 3.61. The molecule has 2 heterocycles. The summed E-state index contributed by atoms with van der Waals surface area (Å²) in [5, 5.41) is 3.31. The molecular formula is C9H15N3O. The molecule has 0 bridgehead atoms. The maximum absolute atomic E-state index is 11.2. The Hall–Kier alpha value is -1.03. The maximum atomic E-state index is 11.2. The number of rotatable bonds is 2. The SMILES string of the molecule is O=c1[nH]ccn1CC1CCNCC1. The van der Waals surface area contributed by atoms with Gasteiger partial charge in [-0.2, -0.15) is 0 Å². The van der Waals surface area contributed by atoms with Gasteiger partial charge in [-0.1, -0.05) is 0 Å². The van der Waals surface area contributed by atoms with E-state index in [-0.39, 0.29) is 5.69 Å².